The third-order valence-electron chi connectivity index (χ3n) is 6.28. The standard InChI is InChI=1S/C30H26F3N/c1-2-3-4-5-20-8-14-26(29(32)17-20)23-13-15-27-24(18-23)12-11-22(30(27)33)9-6-21-7-10-25(19-34)28(31)16-21/h7-8,10-18H,2-6,9H2,1H3. The fourth-order valence-electron chi connectivity index (χ4n) is 4.31. The number of nitrogens with zero attached hydrogens (tertiary/aromatic N) is 1. The second-order valence-electron chi connectivity index (χ2n) is 8.67. The zero-order valence-electron chi connectivity index (χ0n) is 19.2. The Morgan fingerprint density at radius 3 is 2.24 bits per heavy atom. The lowest BCUT2D eigenvalue weighted by molar-refractivity contribution is 0.616. The van der Waals surface area contributed by atoms with Gasteiger partial charge in [0.05, 0.1) is 5.56 Å². The third kappa shape index (κ3) is 5.15. The Labute approximate surface area is 198 Å². The first-order valence-electron chi connectivity index (χ1n) is 11.7. The molecule has 0 saturated carbocycles. The average molecular weight is 458 g/mol. The van der Waals surface area contributed by atoms with Crippen LogP contribution < -0.4 is 0 Å². The van der Waals surface area contributed by atoms with Crippen LogP contribution in [0.5, 0.6) is 0 Å². The van der Waals surface area contributed by atoms with Crippen molar-refractivity contribution in [2.75, 3.05) is 0 Å². The van der Waals surface area contributed by atoms with E-state index in [1.54, 1.807) is 42.5 Å². The number of rotatable bonds is 8. The summed E-state index contributed by atoms with van der Waals surface area (Å²) >= 11 is 0. The summed E-state index contributed by atoms with van der Waals surface area (Å²) in [5, 5.41) is 10.0. The first-order valence-corrected chi connectivity index (χ1v) is 11.7. The minimum absolute atomic E-state index is 0.000917. The van der Waals surface area contributed by atoms with Crippen LogP contribution in [0.2, 0.25) is 0 Å². The Hall–Kier alpha value is -3.58. The zero-order chi connectivity index (χ0) is 24.1. The zero-order valence-corrected chi connectivity index (χ0v) is 19.2. The van der Waals surface area contributed by atoms with E-state index in [0.29, 0.717) is 45.9 Å². The average Bonchev–Trinajstić information content (AvgIpc) is 2.84. The minimum atomic E-state index is -0.562. The molecular weight excluding hydrogens is 431 g/mol. The molecule has 0 unspecified atom stereocenters. The van der Waals surface area contributed by atoms with Gasteiger partial charge in [-0.15, -0.1) is 0 Å². The summed E-state index contributed by atoms with van der Waals surface area (Å²) in [4.78, 5) is 0. The van der Waals surface area contributed by atoms with Gasteiger partial charge in [-0.05, 0) is 77.6 Å². The fraction of sp³-hybridized carbons (Fsp3) is 0.233. The lowest BCUT2D eigenvalue weighted by Gasteiger charge is -2.11. The van der Waals surface area contributed by atoms with Crippen molar-refractivity contribution in [3.05, 3.63) is 106 Å². The molecule has 4 rings (SSSR count). The molecule has 0 atom stereocenters. The van der Waals surface area contributed by atoms with E-state index in [2.05, 4.69) is 6.92 Å². The van der Waals surface area contributed by atoms with E-state index in [4.69, 9.17) is 5.26 Å². The van der Waals surface area contributed by atoms with Gasteiger partial charge in [-0.25, -0.2) is 13.2 Å². The molecule has 0 N–H and O–H groups in total. The summed E-state index contributed by atoms with van der Waals surface area (Å²) in [5.74, 6) is -1.14. The van der Waals surface area contributed by atoms with Gasteiger partial charge in [0, 0.05) is 10.9 Å². The van der Waals surface area contributed by atoms with Crippen molar-refractivity contribution in [1.82, 2.24) is 0 Å². The summed E-state index contributed by atoms with van der Waals surface area (Å²) in [6.45, 7) is 2.14. The summed E-state index contributed by atoms with van der Waals surface area (Å²) in [6.07, 6.45) is 5.04. The number of hydrogen-bond acceptors (Lipinski definition) is 1. The Kier molecular flexibility index (Phi) is 7.33. The highest BCUT2D eigenvalue weighted by Crippen LogP contribution is 2.30. The highest BCUT2D eigenvalue weighted by atomic mass is 19.1. The van der Waals surface area contributed by atoms with Gasteiger partial charge < -0.3 is 0 Å². The molecule has 0 heterocycles. The first kappa shape index (κ1) is 23.6. The van der Waals surface area contributed by atoms with Gasteiger partial charge in [0.25, 0.3) is 0 Å². The molecule has 0 amide bonds. The Bertz CT molecular complexity index is 1370. The number of hydrogen-bond donors (Lipinski definition) is 0. The minimum Gasteiger partial charge on any atom is -0.206 e. The van der Waals surface area contributed by atoms with Crippen LogP contribution in [0.1, 0.15) is 48.4 Å². The second kappa shape index (κ2) is 10.6. The maximum atomic E-state index is 15.2. The molecule has 0 spiro atoms. The van der Waals surface area contributed by atoms with Crippen LogP contribution in [-0.4, -0.2) is 0 Å². The molecule has 1 nitrogen and oxygen atoms in total. The SMILES string of the molecule is CCCCCc1ccc(-c2ccc3c(F)c(CCc4ccc(C#N)c(F)c4)ccc3c2)c(F)c1. The van der Waals surface area contributed by atoms with Gasteiger partial charge in [0.2, 0.25) is 0 Å². The molecule has 4 aromatic carbocycles. The van der Waals surface area contributed by atoms with Crippen LogP contribution >= 0.6 is 0 Å². The van der Waals surface area contributed by atoms with E-state index in [9.17, 15) is 8.78 Å². The lowest BCUT2D eigenvalue weighted by Crippen LogP contribution is -1.97. The predicted octanol–water partition coefficient (Wildman–Crippen LogP) is 8.31. The largest absolute Gasteiger partial charge is 0.206 e. The summed E-state index contributed by atoms with van der Waals surface area (Å²) in [7, 11) is 0. The number of halogens is 3. The van der Waals surface area contributed by atoms with Crippen molar-refractivity contribution >= 4 is 10.8 Å². The summed E-state index contributed by atoms with van der Waals surface area (Å²) < 4.78 is 43.8. The van der Waals surface area contributed by atoms with Gasteiger partial charge in [0.15, 0.2) is 0 Å². The monoisotopic (exact) mass is 457 g/mol. The van der Waals surface area contributed by atoms with E-state index >= 15 is 4.39 Å². The summed E-state index contributed by atoms with van der Waals surface area (Å²) in [6, 6.07) is 20.5. The van der Waals surface area contributed by atoms with Gasteiger partial charge in [0.1, 0.15) is 23.5 Å². The molecule has 0 aromatic heterocycles. The number of nitriles is 1. The molecule has 4 aromatic rings. The molecule has 0 aliphatic rings. The number of unbranched alkanes of at least 4 members (excludes halogenated alkanes) is 2. The third-order valence-corrected chi connectivity index (χ3v) is 6.28. The molecule has 0 saturated heterocycles. The van der Waals surface area contributed by atoms with E-state index in [1.807, 2.05) is 18.2 Å². The first-order chi connectivity index (χ1) is 16.5. The smallest absolute Gasteiger partial charge is 0.141 e. The van der Waals surface area contributed by atoms with Crippen molar-refractivity contribution in [3.8, 4) is 17.2 Å². The normalized spacial score (nSPS) is 11.0. The second-order valence-corrected chi connectivity index (χ2v) is 8.67. The fourth-order valence-corrected chi connectivity index (χ4v) is 4.31. The van der Waals surface area contributed by atoms with Crippen LogP contribution in [-0.2, 0) is 19.3 Å². The Morgan fingerprint density at radius 2 is 1.50 bits per heavy atom. The molecule has 4 heteroatoms. The van der Waals surface area contributed by atoms with Crippen molar-refractivity contribution in [3.63, 3.8) is 0 Å². The van der Waals surface area contributed by atoms with Crippen LogP contribution in [0.3, 0.4) is 0 Å². The quantitative estimate of drug-likeness (QED) is 0.244. The van der Waals surface area contributed by atoms with Crippen LogP contribution in [0.25, 0.3) is 21.9 Å². The number of aryl methyl sites for hydroxylation is 3. The van der Waals surface area contributed by atoms with Gasteiger partial charge in [-0.3, -0.25) is 0 Å². The molecule has 0 bridgehead atoms. The van der Waals surface area contributed by atoms with Crippen LogP contribution in [0.4, 0.5) is 13.2 Å². The molecule has 0 aliphatic carbocycles. The highest BCUT2D eigenvalue weighted by Gasteiger charge is 2.12. The van der Waals surface area contributed by atoms with Crippen molar-refractivity contribution in [2.45, 2.75) is 45.4 Å². The van der Waals surface area contributed by atoms with E-state index in [-0.39, 0.29) is 17.2 Å². The maximum absolute atomic E-state index is 15.2. The topological polar surface area (TPSA) is 23.8 Å². The van der Waals surface area contributed by atoms with Gasteiger partial charge in [-0.1, -0.05) is 62.2 Å². The van der Waals surface area contributed by atoms with Crippen molar-refractivity contribution in [1.29, 1.82) is 5.26 Å². The molecule has 34 heavy (non-hydrogen) atoms. The molecule has 0 fully saturated rings. The molecule has 172 valence electrons. The van der Waals surface area contributed by atoms with Crippen molar-refractivity contribution in [2.24, 2.45) is 0 Å². The van der Waals surface area contributed by atoms with Gasteiger partial charge >= 0.3 is 0 Å². The highest BCUT2D eigenvalue weighted by molar-refractivity contribution is 5.88. The van der Waals surface area contributed by atoms with E-state index < -0.39 is 5.82 Å². The summed E-state index contributed by atoms with van der Waals surface area (Å²) in [5.41, 5.74) is 3.46. The number of benzene rings is 4. The molecule has 0 aliphatic heterocycles. The van der Waals surface area contributed by atoms with E-state index in [0.717, 1.165) is 31.2 Å². The van der Waals surface area contributed by atoms with Crippen LogP contribution in [0, 0.1) is 28.8 Å². The lowest BCUT2D eigenvalue weighted by atomic mass is 9.96. The maximum Gasteiger partial charge on any atom is 0.141 e. The Balaban J connectivity index is 1.54. The van der Waals surface area contributed by atoms with E-state index in [1.165, 1.54) is 12.1 Å². The molecular formula is C30H26F3N. The van der Waals surface area contributed by atoms with Crippen LogP contribution in [0.15, 0.2) is 66.7 Å². The predicted molar refractivity (Wildman–Crippen MR) is 131 cm³/mol. The van der Waals surface area contributed by atoms with Crippen molar-refractivity contribution < 1.29 is 13.2 Å². The number of fused-ring (bicyclic) bond motifs is 1. The Morgan fingerprint density at radius 1 is 0.735 bits per heavy atom. The van der Waals surface area contributed by atoms with Gasteiger partial charge in [-0.2, -0.15) is 5.26 Å². The molecule has 0 radical (unpaired) electrons.